The molecule has 9 rings (SSSR count). The van der Waals surface area contributed by atoms with E-state index in [0.29, 0.717) is 0 Å². The molecule has 0 unspecified atom stereocenters. The molecule has 1 aromatic heterocycles. The van der Waals surface area contributed by atoms with Crippen molar-refractivity contribution in [3.05, 3.63) is 8.34 Å². The summed E-state index contributed by atoms with van der Waals surface area (Å²) in [7, 11) is 3.60. The first-order valence-electron chi connectivity index (χ1n) is 11.0. The molecule has 0 aliphatic heterocycles. The van der Waals surface area contributed by atoms with Crippen LogP contribution in [0.1, 0.15) is 85.4 Å². The SMILES string of the molecule is C1C2CC3CC1CC(c1ppc(C45CC6CC(CC(C6)C4)C5)[se]1)(C2)C3. The Balaban J connectivity index is 1.25. The average Bonchev–Trinajstić information content (AvgIpc) is 3.04. The van der Waals surface area contributed by atoms with Crippen LogP contribution in [0.2, 0.25) is 0 Å². The number of rotatable bonds is 2. The van der Waals surface area contributed by atoms with Gasteiger partial charge in [-0.25, -0.2) is 0 Å². The molecule has 1 heterocycles. The first-order valence-corrected chi connectivity index (χ1v) is 15.2. The first-order chi connectivity index (χ1) is 12.2. The molecule has 3 heteroatoms. The Morgan fingerprint density at radius 1 is 0.520 bits per heavy atom. The van der Waals surface area contributed by atoms with Gasteiger partial charge in [-0.05, 0) is 0 Å². The summed E-state index contributed by atoms with van der Waals surface area (Å²) in [6.07, 6.45) is 19.4. The fourth-order valence-corrected chi connectivity index (χ4v) is 19.4. The summed E-state index contributed by atoms with van der Waals surface area (Å²) in [5.74, 6) is 6.78. The third-order valence-electron chi connectivity index (χ3n) is 9.41. The molecule has 8 bridgehead atoms. The van der Waals surface area contributed by atoms with Crippen LogP contribution in [0.4, 0.5) is 0 Å². The molecule has 0 saturated heterocycles. The van der Waals surface area contributed by atoms with Gasteiger partial charge in [0.15, 0.2) is 0 Å². The summed E-state index contributed by atoms with van der Waals surface area (Å²) in [5.41, 5.74) is 1.51. The van der Waals surface area contributed by atoms with Crippen molar-refractivity contribution < 1.29 is 0 Å². The Hall–Kier alpha value is 0.859. The van der Waals surface area contributed by atoms with Gasteiger partial charge in [0.05, 0.1) is 0 Å². The second kappa shape index (κ2) is 5.26. The van der Waals surface area contributed by atoms with Crippen LogP contribution in [0.3, 0.4) is 0 Å². The molecule has 134 valence electrons. The molecule has 8 saturated carbocycles. The zero-order chi connectivity index (χ0) is 16.2. The van der Waals surface area contributed by atoms with Crippen molar-refractivity contribution in [2.45, 2.75) is 87.9 Å². The molecular weight excluding hydrogens is 405 g/mol. The van der Waals surface area contributed by atoms with Gasteiger partial charge in [-0.15, -0.1) is 0 Å². The van der Waals surface area contributed by atoms with Crippen LogP contribution in [0.5, 0.6) is 0 Å². The molecule has 25 heavy (non-hydrogen) atoms. The van der Waals surface area contributed by atoms with E-state index < -0.39 is 0 Å². The van der Waals surface area contributed by atoms with Crippen molar-refractivity contribution in [3.63, 3.8) is 0 Å². The minimum absolute atomic E-state index is 0.757. The number of hydrogen-bond donors (Lipinski definition) is 0. The fraction of sp³-hybridized carbons (Fsp3) is 0.909. The van der Waals surface area contributed by atoms with Crippen LogP contribution in [0.15, 0.2) is 0 Å². The van der Waals surface area contributed by atoms with Gasteiger partial charge >= 0.3 is 162 Å². The molecule has 8 fully saturated rings. The first kappa shape index (κ1) is 15.7. The van der Waals surface area contributed by atoms with Crippen LogP contribution in [0, 0.1) is 35.5 Å². The van der Waals surface area contributed by atoms with Gasteiger partial charge in [-0.3, -0.25) is 0 Å². The van der Waals surface area contributed by atoms with E-state index in [1.165, 1.54) is 0 Å². The van der Waals surface area contributed by atoms with E-state index in [1.54, 1.807) is 92.8 Å². The van der Waals surface area contributed by atoms with Gasteiger partial charge in [0.1, 0.15) is 0 Å². The van der Waals surface area contributed by atoms with E-state index in [4.69, 9.17) is 0 Å². The molecule has 1 aromatic rings. The van der Waals surface area contributed by atoms with Gasteiger partial charge < -0.3 is 0 Å². The molecule has 0 aromatic carbocycles. The molecule has 8 aliphatic rings. The van der Waals surface area contributed by atoms with E-state index in [9.17, 15) is 0 Å². The second-order valence-corrected chi connectivity index (χ2v) is 17.3. The number of hydrogen-bond acceptors (Lipinski definition) is 0. The minimum atomic E-state index is 0.757. The van der Waals surface area contributed by atoms with Crippen molar-refractivity contribution >= 4 is 30.2 Å². The van der Waals surface area contributed by atoms with Crippen LogP contribution in [-0.2, 0) is 10.8 Å². The topological polar surface area (TPSA) is 0 Å². The van der Waals surface area contributed by atoms with Crippen LogP contribution in [0.25, 0.3) is 0 Å². The van der Waals surface area contributed by atoms with Crippen molar-refractivity contribution in [1.29, 1.82) is 0 Å². The normalized spacial score (nSPS) is 55.8. The van der Waals surface area contributed by atoms with E-state index in [2.05, 4.69) is 8.34 Å². The summed E-state index contributed by atoms with van der Waals surface area (Å²) in [5, 5.41) is 0. The Morgan fingerprint density at radius 2 is 0.800 bits per heavy atom. The Kier molecular flexibility index (Phi) is 3.31. The van der Waals surface area contributed by atoms with Crippen molar-refractivity contribution in [3.8, 4) is 0 Å². The van der Waals surface area contributed by atoms with Gasteiger partial charge in [0.2, 0.25) is 0 Å². The predicted octanol–water partition coefficient (Wildman–Crippen LogP) is 6.84. The summed E-state index contributed by atoms with van der Waals surface area (Å²) < 4.78 is 4.23. The molecule has 0 radical (unpaired) electrons. The van der Waals surface area contributed by atoms with E-state index >= 15 is 0 Å². The standard InChI is InChI=1S/C22H30P2Se/c1-13-2-15-3-14(1)8-21(7-13,9-15)19-23-24-20(25-19)22-10-16-4-17(11-22)6-18(5-16)12-22/h13-18H,1-12H2. The zero-order valence-corrected chi connectivity index (χ0v) is 18.8. The van der Waals surface area contributed by atoms with Crippen LogP contribution >= 0.6 is 15.7 Å². The maximum atomic E-state index is 2.12. The van der Waals surface area contributed by atoms with Gasteiger partial charge in [0, 0.05) is 0 Å². The summed E-state index contributed by atoms with van der Waals surface area (Å²) in [4.78, 5) is 0. The molecule has 8 aliphatic carbocycles. The van der Waals surface area contributed by atoms with Gasteiger partial charge in [-0.2, -0.15) is 0 Å². The van der Waals surface area contributed by atoms with Crippen molar-refractivity contribution in [2.75, 3.05) is 0 Å². The Morgan fingerprint density at radius 3 is 1.08 bits per heavy atom. The van der Waals surface area contributed by atoms with Crippen molar-refractivity contribution in [2.24, 2.45) is 35.5 Å². The average molecular weight is 435 g/mol. The van der Waals surface area contributed by atoms with E-state index in [-0.39, 0.29) is 0 Å². The summed E-state index contributed by atoms with van der Waals surface area (Å²) in [6.45, 7) is 0. The monoisotopic (exact) mass is 436 g/mol. The Labute approximate surface area is 161 Å². The van der Waals surface area contributed by atoms with Gasteiger partial charge in [0.25, 0.3) is 0 Å². The third kappa shape index (κ3) is 2.26. The molecule has 0 atom stereocenters. The fourth-order valence-electron chi connectivity index (χ4n) is 9.40. The van der Waals surface area contributed by atoms with E-state index in [1.807, 2.05) is 0 Å². The molecule has 0 nitrogen and oxygen atoms in total. The molecule has 0 spiro atoms. The van der Waals surface area contributed by atoms with E-state index in [0.717, 1.165) is 60.8 Å². The zero-order valence-electron chi connectivity index (χ0n) is 15.3. The third-order valence-corrected chi connectivity index (χ3v) is 18.9. The van der Waals surface area contributed by atoms with Crippen LogP contribution in [-0.4, -0.2) is 14.5 Å². The maximum absolute atomic E-state index is 2.12. The van der Waals surface area contributed by atoms with Crippen molar-refractivity contribution in [1.82, 2.24) is 0 Å². The molecule has 0 N–H and O–H groups in total. The predicted molar refractivity (Wildman–Crippen MR) is 108 cm³/mol. The molecular formula is C22H30P2Se. The summed E-state index contributed by atoms with van der Waals surface area (Å²) >= 11 is 0.806. The Bertz CT molecular complexity index is 590. The molecule has 0 amide bonds. The van der Waals surface area contributed by atoms with Gasteiger partial charge in [-0.1, -0.05) is 0 Å². The second-order valence-electron chi connectivity index (χ2n) is 11.3. The summed E-state index contributed by atoms with van der Waals surface area (Å²) in [6, 6.07) is 0. The quantitative estimate of drug-likeness (QED) is 0.446. The van der Waals surface area contributed by atoms with Crippen LogP contribution < -0.4 is 0 Å².